The van der Waals surface area contributed by atoms with Crippen molar-refractivity contribution in [2.75, 3.05) is 6.54 Å². The molecule has 2 rings (SSSR count). The summed E-state index contributed by atoms with van der Waals surface area (Å²) in [6.45, 7) is 3.95. The van der Waals surface area contributed by atoms with E-state index in [4.69, 9.17) is 0 Å². The van der Waals surface area contributed by atoms with Crippen LogP contribution in [0.3, 0.4) is 0 Å². The Bertz CT molecular complexity index is 497. The standard InChI is InChI=1S/C13H21N5/c1-4-12-11(10-18(3)16-12)9-14-6-5-13-15-7-8-17(13)2/h7-8,10,14H,4-6,9H2,1-3H3. The van der Waals surface area contributed by atoms with Crippen LogP contribution in [0.5, 0.6) is 0 Å². The molecule has 2 aromatic heterocycles. The highest BCUT2D eigenvalue weighted by Crippen LogP contribution is 2.06. The molecule has 0 saturated heterocycles. The number of aromatic nitrogens is 4. The first-order valence-electron chi connectivity index (χ1n) is 6.39. The number of nitrogens with one attached hydrogen (secondary N) is 1. The van der Waals surface area contributed by atoms with Crippen molar-refractivity contribution in [1.82, 2.24) is 24.6 Å². The van der Waals surface area contributed by atoms with Gasteiger partial charge in [-0.1, -0.05) is 6.92 Å². The summed E-state index contributed by atoms with van der Waals surface area (Å²) in [7, 11) is 4.00. The van der Waals surface area contributed by atoms with Crippen LogP contribution < -0.4 is 5.32 Å². The van der Waals surface area contributed by atoms with E-state index in [0.717, 1.165) is 31.8 Å². The second-order valence-electron chi connectivity index (χ2n) is 4.51. The first-order valence-corrected chi connectivity index (χ1v) is 6.39. The van der Waals surface area contributed by atoms with Crippen molar-refractivity contribution in [3.05, 3.63) is 35.7 Å². The van der Waals surface area contributed by atoms with Gasteiger partial charge in [0.15, 0.2) is 0 Å². The van der Waals surface area contributed by atoms with Crippen molar-refractivity contribution in [2.45, 2.75) is 26.3 Å². The number of hydrogen-bond acceptors (Lipinski definition) is 3. The lowest BCUT2D eigenvalue weighted by atomic mass is 10.2. The highest BCUT2D eigenvalue weighted by atomic mass is 15.3. The SMILES string of the molecule is CCc1nn(C)cc1CNCCc1nccn1C. The number of imidazole rings is 1. The van der Waals surface area contributed by atoms with Crippen LogP contribution in [0.1, 0.15) is 24.0 Å². The summed E-state index contributed by atoms with van der Waals surface area (Å²) in [6.07, 6.45) is 7.84. The van der Waals surface area contributed by atoms with Gasteiger partial charge in [0.1, 0.15) is 5.82 Å². The van der Waals surface area contributed by atoms with Crippen molar-refractivity contribution in [1.29, 1.82) is 0 Å². The second-order valence-corrected chi connectivity index (χ2v) is 4.51. The third kappa shape index (κ3) is 2.98. The van der Waals surface area contributed by atoms with Crippen LogP contribution in [0, 0.1) is 0 Å². The van der Waals surface area contributed by atoms with Crippen molar-refractivity contribution < 1.29 is 0 Å². The van der Waals surface area contributed by atoms with E-state index in [2.05, 4.69) is 33.1 Å². The molecule has 0 unspecified atom stereocenters. The topological polar surface area (TPSA) is 47.7 Å². The van der Waals surface area contributed by atoms with Gasteiger partial charge in [0.05, 0.1) is 5.69 Å². The molecule has 5 heteroatoms. The quantitative estimate of drug-likeness (QED) is 0.776. The van der Waals surface area contributed by atoms with Crippen LogP contribution in [0.15, 0.2) is 18.6 Å². The molecular formula is C13H21N5. The Labute approximate surface area is 108 Å². The first kappa shape index (κ1) is 12.8. The molecule has 0 aromatic carbocycles. The Morgan fingerprint density at radius 1 is 1.33 bits per heavy atom. The smallest absolute Gasteiger partial charge is 0.109 e. The maximum Gasteiger partial charge on any atom is 0.109 e. The van der Waals surface area contributed by atoms with E-state index in [1.807, 2.05) is 31.2 Å². The summed E-state index contributed by atoms with van der Waals surface area (Å²) in [5, 5.41) is 7.88. The molecule has 0 atom stereocenters. The summed E-state index contributed by atoms with van der Waals surface area (Å²) in [5.74, 6) is 1.12. The molecule has 18 heavy (non-hydrogen) atoms. The Balaban J connectivity index is 1.80. The third-order valence-corrected chi connectivity index (χ3v) is 3.09. The predicted octanol–water partition coefficient (Wildman–Crippen LogP) is 1.05. The maximum atomic E-state index is 4.43. The van der Waals surface area contributed by atoms with Gasteiger partial charge in [0, 0.05) is 57.8 Å². The minimum Gasteiger partial charge on any atom is -0.338 e. The van der Waals surface area contributed by atoms with Crippen LogP contribution in [-0.4, -0.2) is 25.9 Å². The van der Waals surface area contributed by atoms with Gasteiger partial charge in [-0.15, -0.1) is 0 Å². The zero-order chi connectivity index (χ0) is 13.0. The molecule has 5 nitrogen and oxygen atoms in total. The summed E-state index contributed by atoms with van der Waals surface area (Å²) in [6, 6.07) is 0. The molecule has 0 bridgehead atoms. The van der Waals surface area contributed by atoms with Crippen molar-refractivity contribution in [3.63, 3.8) is 0 Å². The Hall–Kier alpha value is -1.62. The molecule has 0 saturated carbocycles. The van der Waals surface area contributed by atoms with Crippen LogP contribution in [-0.2, 0) is 33.5 Å². The fourth-order valence-corrected chi connectivity index (χ4v) is 2.09. The zero-order valence-electron chi connectivity index (χ0n) is 11.3. The second kappa shape index (κ2) is 5.82. The van der Waals surface area contributed by atoms with Gasteiger partial charge in [0.2, 0.25) is 0 Å². The summed E-state index contributed by atoms with van der Waals surface area (Å²) < 4.78 is 3.94. The van der Waals surface area contributed by atoms with E-state index >= 15 is 0 Å². The van der Waals surface area contributed by atoms with E-state index in [9.17, 15) is 0 Å². The summed E-state index contributed by atoms with van der Waals surface area (Å²) >= 11 is 0. The van der Waals surface area contributed by atoms with Gasteiger partial charge in [-0.2, -0.15) is 5.10 Å². The molecule has 2 heterocycles. The van der Waals surface area contributed by atoms with E-state index < -0.39 is 0 Å². The maximum absolute atomic E-state index is 4.43. The number of aryl methyl sites for hydroxylation is 3. The van der Waals surface area contributed by atoms with E-state index in [-0.39, 0.29) is 0 Å². The fourth-order valence-electron chi connectivity index (χ4n) is 2.09. The normalized spacial score (nSPS) is 11.1. The molecular weight excluding hydrogens is 226 g/mol. The van der Waals surface area contributed by atoms with E-state index in [1.165, 1.54) is 11.3 Å². The summed E-state index contributed by atoms with van der Waals surface area (Å²) in [5.41, 5.74) is 2.47. The number of rotatable bonds is 6. The molecule has 0 fully saturated rings. The lowest BCUT2D eigenvalue weighted by molar-refractivity contribution is 0.652. The molecule has 0 amide bonds. The van der Waals surface area contributed by atoms with Crippen molar-refractivity contribution in [2.24, 2.45) is 14.1 Å². The molecule has 2 aromatic rings. The minimum absolute atomic E-state index is 0.876. The molecule has 0 radical (unpaired) electrons. The van der Waals surface area contributed by atoms with E-state index in [1.54, 1.807) is 0 Å². The largest absolute Gasteiger partial charge is 0.338 e. The molecule has 98 valence electrons. The van der Waals surface area contributed by atoms with Crippen LogP contribution in [0.2, 0.25) is 0 Å². The Kier molecular flexibility index (Phi) is 4.15. The molecule has 1 N–H and O–H groups in total. The van der Waals surface area contributed by atoms with Gasteiger partial charge in [0.25, 0.3) is 0 Å². The lowest BCUT2D eigenvalue weighted by Gasteiger charge is -2.04. The predicted molar refractivity (Wildman–Crippen MR) is 71.2 cm³/mol. The average molecular weight is 247 g/mol. The molecule has 0 aliphatic heterocycles. The summed E-state index contributed by atoms with van der Waals surface area (Å²) in [4.78, 5) is 4.30. The van der Waals surface area contributed by atoms with Gasteiger partial charge < -0.3 is 9.88 Å². The third-order valence-electron chi connectivity index (χ3n) is 3.09. The zero-order valence-corrected chi connectivity index (χ0v) is 11.3. The number of nitrogens with zero attached hydrogens (tertiary/aromatic N) is 4. The first-order chi connectivity index (χ1) is 8.70. The van der Waals surface area contributed by atoms with Crippen molar-refractivity contribution in [3.8, 4) is 0 Å². The monoisotopic (exact) mass is 247 g/mol. The highest BCUT2D eigenvalue weighted by molar-refractivity contribution is 5.16. The molecule has 0 aliphatic rings. The van der Waals surface area contributed by atoms with Crippen LogP contribution >= 0.6 is 0 Å². The Morgan fingerprint density at radius 2 is 2.17 bits per heavy atom. The van der Waals surface area contributed by atoms with Crippen LogP contribution in [0.4, 0.5) is 0 Å². The van der Waals surface area contributed by atoms with Gasteiger partial charge in [-0.05, 0) is 6.42 Å². The lowest BCUT2D eigenvalue weighted by Crippen LogP contribution is -2.18. The average Bonchev–Trinajstić information content (AvgIpc) is 2.91. The minimum atomic E-state index is 0.876. The van der Waals surface area contributed by atoms with Gasteiger partial charge in [-0.25, -0.2) is 4.98 Å². The molecule has 0 spiro atoms. The van der Waals surface area contributed by atoms with Crippen LogP contribution in [0.25, 0.3) is 0 Å². The van der Waals surface area contributed by atoms with Gasteiger partial charge >= 0.3 is 0 Å². The number of hydrogen-bond donors (Lipinski definition) is 1. The van der Waals surface area contributed by atoms with Gasteiger partial charge in [-0.3, -0.25) is 4.68 Å². The van der Waals surface area contributed by atoms with E-state index in [0.29, 0.717) is 0 Å². The molecule has 0 aliphatic carbocycles. The fraction of sp³-hybridized carbons (Fsp3) is 0.538. The highest BCUT2D eigenvalue weighted by Gasteiger charge is 2.05. The van der Waals surface area contributed by atoms with Crippen molar-refractivity contribution >= 4 is 0 Å². The Morgan fingerprint density at radius 3 is 2.83 bits per heavy atom.